The summed E-state index contributed by atoms with van der Waals surface area (Å²) in [6.07, 6.45) is 0. The summed E-state index contributed by atoms with van der Waals surface area (Å²) in [4.78, 5) is 0. The van der Waals surface area contributed by atoms with Crippen molar-refractivity contribution < 1.29 is 211 Å². The molecule has 0 heterocycles. The fourth-order valence-electron chi connectivity index (χ4n) is 0. The molecule has 0 aliphatic rings. The Labute approximate surface area is 203 Å². The van der Waals surface area contributed by atoms with Gasteiger partial charge in [-0.3, -0.25) is 0 Å². The standard InChI is InChI=1S/Ce.Eu.Nd.Sm.Tb. The molecule has 0 N–H and O–H groups in total. The summed E-state index contributed by atoms with van der Waals surface area (Å²) in [5.41, 5.74) is 0. The second-order valence-electron chi connectivity index (χ2n) is 0. The summed E-state index contributed by atoms with van der Waals surface area (Å²) in [6, 6.07) is 0. The van der Waals surface area contributed by atoms with Gasteiger partial charge in [0.2, 0.25) is 0 Å². The Bertz CT molecular complexity index is 11.6. The molecule has 5 heteroatoms. The molecule has 0 saturated carbocycles. The second kappa shape index (κ2) is 22.4. The van der Waals surface area contributed by atoms with Crippen LogP contribution in [0.2, 0.25) is 0 Å². The van der Waals surface area contributed by atoms with Crippen LogP contribution >= 0.6 is 0 Å². The van der Waals surface area contributed by atoms with E-state index in [0.29, 0.717) is 0 Å². The molecule has 2 radical (unpaired) electrons. The third-order valence-corrected chi connectivity index (χ3v) is 0. The molecule has 0 spiro atoms. The van der Waals surface area contributed by atoms with Crippen LogP contribution in [0.3, 0.4) is 0 Å². The monoisotopic (exact) mass is 746 g/mol. The van der Waals surface area contributed by atoms with Crippen molar-refractivity contribution in [3.8, 4) is 0 Å². The fraction of sp³-hybridized carbons (Fsp3) is 0. The fourth-order valence-corrected chi connectivity index (χ4v) is 0. The zero-order valence-corrected chi connectivity index (χ0v) is 15.7. The second-order valence-corrected chi connectivity index (χ2v) is 0. The van der Waals surface area contributed by atoms with Crippen molar-refractivity contribution in [2.45, 2.75) is 0 Å². The molecule has 0 aromatic carbocycles. The van der Waals surface area contributed by atoms with Crippen molar-refractivity contribution in [3.05, 3.63) is 0 Å². The third-order valence-electron chi connectivity index (χ3n) is 0. The van der Waals surface area contributed by atoms with E-state index in [1.165, 1.54) is 0 Å². The summed E-state index contributed by atoms with van der Waals surface area (Å²) >= 11 is 0. The molecule has 0 aliphatic carbocycles. The van der Waals surface area contributed by atoms with Crippen molar-refractivity contribution in [1.82, 2.24) is 0 Å². The molecule has 0 saturated heterocycles. The zero-order valence-electron chi connectivity index (χ0n) is 2.12. The molecule has 0 atom stereocenters. The molecular formula is CeEuNdSmTb. The van der Waals surface area contributed by atoms with Gasteiger partial charge in [0.25, 0.3) is 0 Å². The van der Waals surface area contributed by atoms with Gasteiger partial charge in [0.15, 0.2) is 0 Å². The molecule has 0 aromatic rings. The van der Waals surface area contributed by atoms with E-state index in [2.05, 4.69) is 0 Å². The molecule has 0 aromatic heterocycles. The van der Waals surface area contributed by atoms with Crippen molar-refractivity contribution in [2.75, 3.05) is 0 Å². The first-order chi connectivity index (χ1) is 0. The number of hydrogen-bond acceptors (Lipinski definition) is 0. The molecule has 0 aliphatic heterocycles. The van der Waals surface area contributed by atoms with E-state index in [-0.39, 0.29) is 211 Å². The molecule has 0 fully saturated rings. The minimum atomic E-state index is 0. The predicted octanol–water partition coefficient (Wildman–Crippen LogP) is 0. The van der Waals surface area contributed by atoms with Crippen LogP contribution in [0.4, 0.5) is 0 Å². The van der Waals surface area contributed by atoms with E-state index in [1.807, 2.05) is 0 Å². The molecule has 0 amide bonds. The average molecular weight is 746 g/mol. The van der Waals surface area contributed by atoms with Gasteiger partial charge in [-0.25, -0.2) is 0 Å². The molecule has 0 rings (SSSR count). The van der Waals surface area contributed by atoms with Gasteiger partial charge in [-0.15, -0.1) is 0 Å². The van der Waals surface area contributed by atoms with Crippen LogP contribution in [0.25, 0.3) is 0 Å². The Morgan fingerprint density at radius 3 is 1.00 bits per heavy atom. The summed E-state index contributed by atoms with van der Waals surface area (Å²) in [7, 11) is 0. The van der Waals surface area contributed by atoms with E-state index in [9.17, 15) is 0 Å². The van der Waals surface area contributed by atoms with Crippen LogP contribution in [0, 0.1) is 211 Å². The normalized spacial score (nSPS) is 0. The van der Waals surface area contributed by atoms with Crippen LogP contribution in [0.1, 0.15) is 0 Å². The maximum Gasteiger partial charge on any atom is 0 e. The van der Waals surface area contributed by atoms with Gasteiger partial charge in [0.1, 0.15) is 0 Å². The first kappa shape index (κ1) is 29.7. The molecule has 0 nitrogen and oxygen atoms in total. The molecular weight excluding hydrogens is 746 g/mol. The zero-order chi connectivity index (χ0) is 0. The van der Waals surface area contributed by atoms with Gasteiger partial charge in [0, 0.05) is 211 Å². The topological polar surface area (TPSA) is 0 Å². The maximum absolute atomic E-state index is 0. The van der Waals surface area contributed by atoms with Crippen LogP contribution in [-0.2, 0) is 0 Å². The van der Waals surface area contributed by atoms with E-state index < -0.39 is 0 Å². The molecule has 0 unspecified atom stereocenters. The van der Waals surface area contributed by atoms with E-state index in [1.54, 1.807) is 0 Å². The van der Waals surface area contributed by atoms with Crippen molar-refractivity contribution >= 4 is 0 Å². The molecule has 0 bridgehead atoms. The maximum atomic E-state index is 0. The van der Waals surface area contributed by atoms with Gasteiger partial charge in [-0.1, -0.05) is 0 Å². The Morgan fingerprint density at radius 1 is 1.00 bits per heavy atom. The van der Waals surface area contributed by atoms with E-state index in [4.69, 9.17) is 0 Å². The Kier molecular flexibility index (Phi) is 133. The Hall–Kier alpha value is 6.94. The summed E-state index contributed by atoms with van der Waals surface area (Å²) in [6.45, 7) is 0. The van der Waals surface area contributed by atoms with Gasteiger partial charge < -0.3 is 0 Å². The minimum Gasteiger partial charge on any atom is 0 e. The molecule has 5 heavy (non-hydrogen) atoms. The SMILES string of the molecule is [Ce].[Eu].[Nd].[Sm].[Tb]. The average Bonchev–Trinajstić information content (AvgIpc) is 0. The molecule has 30 valence electrons. The first-order valence-corrected chi connectivity index (χ1v) is 0. The van der Waals surface area contributed by atoms with Gasteiger partial charge >= 0.3 is 0 Å². The van der Waals surface area contributed by atoms with E-state index in [0.717, 1.165) is 0 Å². The predicted molar refractivity (Wildman–Crippen MR) is 0 cm³/mol. The largest absolute Gasteiger partial charge is 0 e. The van der Waals surface area contributed by atoms with Crippen LogP contribution in [0.15, 0.2) is 0 Å². The van der Waals surface area contributed by atoms with Crippen LogP contribution in [0.5, 0.6) is 0 Å². The van der Waals surface area contributed by atoms with Crippen LogP contribution in [-0.4, -0.2) is 0 Å². The Morgan fingerprint density at radius 2 is 1.00 bits per heavy atom. The van der Waals surface area contributed by atoms with Crippen molar-refractivity contribution in [2.24, 2.45) is 0 Å². The van der Waals surface area contributed by atoms with Gasteiger partial charge in [0.05, 0.1) is 0 Å². The summed E-state index contributed by atoms with van der Waals surface area (Å²) < 4.78 is 0. The smallest absolute Gasteiger partial charge is 0 e. The minimum absolute atomic E-state index is 0. The summed E-state index contributed by atoms with van der Waals surface area (Å²) in [5, 5.41) is 0. The quantitative estimate of drug-likeness (QED) is 0.328. The van der Waals surface area contributed by atoms with Gasteiger partial charge in [-0.05, 0) is 0 Å². The third kappa shape index (κ3) is 18.2. The van der Waals surface area contributed by atoms with E-state index >= 15 is 0 Å². The number of rotatable bonds is 0. The Balaban J connectivity index is 0. The van der Waals surface area contributed by atoms with Gasteiger partial charge in [-0.2, -0.15) is 0 Å². The number of hydrogen-bond donors (Lipinski definition) is 0. The first-order valence-electron chi connectivity index (χ1n) is 0. The van der Waals surface area contributed by atoms with Crippen molar-refractivity contribution in [3.63, 3.8) is 0 Å². The van der Waals surface area contributed by atoms with Crippen LogP contribution < -0.4 is 0 Å². The summed E-state index contributed by atoms with van der Waals surface area (Å²) in [5.74, 6) is 0. The van der Waals surface area contributed by atoms with Crippen molar-refractivity contribution in [1.29, 1.82) is 0 Å².